The van der Waals surface area contributed by atoms with E-state index in [0.717, 1.165) is 31.2 Å². The molecule has 1 saturated heterocycles. The molecule has 3 fully saturated rings. The summed E-state index contributed by atoms with van der Waals surface area (Å²) in [6, 6.07) is 0.722. The van der Waals surface area contributed by atoms with E-state index in [2.05, 4.69) is 10.6 Å². The second-order valence-electron chi connectivity index (χ2n) is 5.79. The molecular formula is C13H22N2O. The number of fused-ring (bicyclic) bond motifs is 2. The Morgan fingerprint density at radius 3 is 2.81 bits per heavy atom. The molecule has 0 radical (unpaired) electrons. The highest BCUT2D eigenvalue weighted by molar-refractivity contribution is 5.81. The second-order valence-corrected chi connectivity index (χ2v) is 5.79. The highest BCUT2D eigenvalue weighted by atomic mass is 16.2. The summed E-state index contributed by atoms with van der Waals surface area (Å²) in [7, 11) is 0. The fraction of sp³-hybridized carbons (Fsp3) is 0.923. The Bertz CT molecular complexity index is 279. The third kappa shape index (κ3) is 1.97. The van der Waals surface area contributed by atoms with Gasteiger partial charge in [-0.15, -0.1) is 0 Å². The van der Waals surface area contributed by atoms with Crippen LogP contribution in [0.5, 0.6) is 0 Å². The van der Waals surface area contributed by atoms with Gasteiger partial charge in [0.05, 0.1) is 6.04 Å². The van der Waals surface area contributed by atoms with E-state index in [1.54, 1.807) is 0 Å². The lowest BCUT2D eigenvalue weighted by Crippen LogP contribution is -2.48. The number of rotatable bonds is 2. The molecule has 2 N–H and O–H groups in total. The van der Waals surface area contributed by atoms with Crippen molar-refractivity contribution in [1.29, 1.82) is 0 Å². The Labute approximate surface area is 97.4 Å². The van der Waals surface area contributed by atoms with E-state index in [4.69, 9.17) is 0 Å². The Hall–Kier alpha value is -0.570. The van der Waals surface area contributed by atoms with Crippen LogP contribution in [0.15, 0.2) is 0 Å². The summed E-state index contributed by atoms with van der Waals surface area (Å²) in [6.07, 6.45) is 8.88. The SMILES string of the molecule is O=C1NCCCC[C@H]1N[C@@H]1C[C@H]2CC[C@H]1C2. The van der Waals surface area contributed by atoms with Crippen molar-refractivity contribution in [2.24, 2.45) is 11.8 Å². The van der Waals surface area contributed by atoms with E-state index < -0.39 is 0 Å². The Balaban J connectivity index is 1.58. The number of carbonyl (C=O) groups is 1. The van der Waals surface area contributed by atoms with E-state index in [1.807, 2.05) is 0 Å². The molecule has 2 aliphatic carbocycles. The predicted molar refractivity (Wildman–Crippen MR) is 63.0 cm³/mol. The van der Waals surface area contributed by atoms with Crippen molar-refractivity contribution in [2.75, 3.05) is 6.54 Å². The summed E-state index contributed by atoms with van der Waals surface area (Å²) in [6.45, 7) is 0.869. The zero-order valence-electron chi connectivity index (χ0n) is 9.87. The minimum Gasteiger partial charge on any atom is -0.355 e. The zero-order chi connectivity index (χ0) is 11.0. The predicted octanol–water partition coefficient (Wildman–Crippen LogP) is 1.43. The molecule has 0 aromatic rings. The fourth-order valence-corrected chi connectivity index (χ4v) is 3.81. The summed E-state index contributed by atoms with van der Waals surface area (Å²) in [5.74, 6) is 2.05. The van der Waals surface area contributed by atoms with Gasteiger partial charge in [-0.05, 0) is 50.4 Å². The van der Waals surface area contributed by atoms with Crippen molar-refractivity contribution < 1.29 is 4.79 Å². The number of amides is 1. The average Bonchev–Trinajstić information content (AvgIpc) is 2.83. The molecule has 90 valence electrons. The maximum Gasteiger partial charge on any atom is 0.237 e. The minimum atomic E-state index is 0.0897. The quantitative estimate of drug-likeness (QED) is 0.742. The van der Waals surface area contributed by atoms with Gasteiger partial charge in [-0.25, -0.2) is 0 Å². The van der Waals surface area contributed by atoms with Crippen molar-refractivity contribution in [1.82, 2.24) is 10.6 Å². The van der Waals surface area contributed by atoms with Crippen LogP contribution in [0.1, 0.15) is 44.9 Å². The summed E-state index contributed by atoms with van der Waals surface area (Å²) in [4.78, 5) is 11.8. The third-order valence-corrected chi connectivity index (χ3v) is 4.69. The minimum absolute atomic E-state index is 0.0897. The van der Waals surface area contributed by atoms with Gasteiger partial charge in [-0.1, -0.05) is 6.42 Å². The highest BCUT2D eigenvalue weighted by Gasteiger charge is 2.40. The van der Waals surface area contributed by atoms with Crippen molar-refractivity contribution in [2.45, 2.75) is 57.0 Å². The molecule has 0 unspecified atom stereocenters. The normalized spacial score (nSPS) is 43.1. The molecule has 1 aliphatic heterocycles. The largest absolute Gasteiger partial charge is 0.355 e. The van der Waals surface area contributed by atoms with Crippen molar-refractivity contribution in [3.05, 3.63) is 0 Å². The summed E-state index contributed by atoms with van der Waals surface area (Å²) in [5.41, 5.74) is 0. The maximum absolute atomic E-state index is 11.8. The lowest BCUT2D eigenvalue weighted by molar-refractivity contribution is -0.123. The van der Waals surface area contributed by atoms with Gasteiger partial charge in [0, 0.05) is 12.6 Å². The van der Waals surface area contributed by atoms with E-state index in [-0.39, 0.29) is 11.9 Å². The van der Waals surface area contributed by atoms with Gasteiger partial charge in [0.15, 0.2) is 0 Å². The molecule has 3 rings (SSSR count). The molecule has 3 aliphatic rings. The van der Waals surface area contributed by atoms with Crippen LogP contribution in [0.25, 0.3) is 0 Å². The van der Waals surface area contributed by atoms with Gasteiger partial charge in [-0.3, -0.25) is 4.79 Å². The van der Waals surface area contributed by atoms with Crippen LogP contribution < -0.4 is 10.6 Å². The van der Waals surface area contributed by atoms with Crippen LogP contribution in [0, 0.1) is 11.8 Å². The molecule has 3 heteroatoms. The molecule has 3 nitrogen and oxygen atoms in total. The molecule has 0 aromatic carbocycles. The lowest BCUT2D eigenvalue weighted by Gasteiger charge is -2.27. The molecule has 16 heavy (non-hydrogen) atoms. The van der Waals surface area contributed by atoms with Gasteiger partial charge >= 0.3 is 0 Å². The molecule has 4 atom stereocenters. The van der Waals surface area contributed by atoms with Gasteiger partial charge in [0.25, 0.3) is 0 Å². The summed E-state index contributed by atoms with van der Waals surface area (Å²) in [5, 5.41) is 6.64. The Morgan fingerprint density at radius 1 is 1.12 bits per heavy atom. The highest BCUT2D eigenvalue weighted by Crippen LogP contribution is 2.44. The molecule has 1 heterocycles. The zero-order valence-corrected chi connectivity index (χ0v) is 9.87. The summed E-state index contributed by atoms with van der Waals surface area (Å²) >= 11 is 0. The van der Waals surface area contributed by atoms with Crippen LogP contribution in [0.3, 0.4) is 0 Å². The van der Waals surface area contributed by atoms with Crippen LogP contribution in [-0.4, -0.2) is 24.5 Å². The van der Waals surface area contributed by atoms with Gasteiger partial charge in [0.1, 0.15) is 0 Å². The first-order valence-corrected chi connectivity index (χ1v) is 6.86. The smallest absolute Gasteiger partial charge is 0.237 e. The third-order valence-electron chi connectivity index (χ3n) is 4.69. The average molecular weight is 222 g/mol. The number of carbonyl (C=O) groups excluding carboxylic acids is 1. The topological polar surface area (TPSA) is 41.1 Å². The first kappa shape index (κ1) is 10.6. The Kier molecular flexibility index (Phi) is 2.88. The number of hydrogen-bond donors (Lipinski definition) is 2. The van der Waals surface area contributed by atoms with E-state index in [9.17, 15) is 4.79 Å². The van der Waals surface area contributed by atoms with Crippen LogP contribution in [0.4, 0.5) is 0 Å². The van der Waals surface area contributed by atoms with Crippen LogP contribution in [-0.2, 0) is 4.79 Å². The molecule has 1 amide bonds. The Morgan fingerprint density at radius 2 is 2.06 bits per heavy atom. The van der Waals surface area contributed by atoms with E-state index >= 15 is 0 Å². The first-order chi connectivity index (χ1) is 7.83. The monoisotopic (exact) mass is 222 g/mol. The van der Waals surface area contributed by atoms with Gasteiger partial charge < -0.3 is 10.6 Å². The molecule has 2 saturated carbocycles. The molecular weight excluding hydrogens is 200 g/mol. The lowest BCUT2D eigenvalue weighted by atomic mass is 9.94. The number of nitrogens with one attached hydrogen (secondary N) is 2. The molecule has 2 bridgehead atoms. The van der Waals surface area contributed by atoms with Crippen molar-refractivity contribution in [3.63, 3.8) is 0 Å². The van der Waals surface area contributed by atoms with Crippen LogP contribution >= 0.6 is 0 Å². The van der Waals surface area contributed by atoms with Crippen molar-refractivity contribution in [3.8, 4) is 0 Å². The molecule has 0 aromatic heterocycles. The maximum atomic E-state index is 11.8. The first-order valence-electron chi connectivity index (χ1n) is 6.86. The standard InChI is InChI=1S/C13H22N2O/c16-13-11(3-1-2-6-14-13)15-12-8-9-4-5-10(12)7-9/h9-12,15H,1-8H2,(H,14,16)/t9-,10-,11+,12+/m0/s1. The van der Waals surface area contributed by atoms with E-state index in [0.29, 0.717) is 6.04 Å². The van der Waals surface area contributed by atoms with Crippen molar-refractivity contribution >= 4 is 5.91 Å². The number of hydrogen-bond acceptors (Lipinski definition) is 2. The van der Waals surface area contributed by atoms with Gasteiger partial charge in [-0.2, -0.15) is 0 Å². The van der Waals surface area contributed by atoms with Crippen LogP contribution in [0.2, 0.25) is 0 Å². The second kappa shape index (κ2) is 4.36. The summed E-state index contributed by atoms with van der Waals surface area (Å²) < 4.78 is 0. The van der Waals surface area contributed by atoms with Gasteiger partial charge in [0.2, 0.25) is 5.91 Å². The fourth-order valence-electron chi connectivity index (χ4n) is 3.81. The molecule has 0 spiro atoms. The van der Waals surface area contributed by atoms with E-state index in [1.165, 1.54) is 32.1 Å².